The molecule has 1 N–H and O–H groups in total. The lowest BCUT2D eigenvalue weighted by molar-refractivity contribution is -0.120. The molecule has 2 heterocycles. The Labute approximate surface area is 133 Å². The molecule has 120 valence electrons. The minimum absolute atomic E-state index is 0.0295. The molecule has 5 nitrogen and oxygen atoms in total. The Kier molecular flexibility index (Phi) is 3.98. The van der Waals surface area contributed by atoms with E-state index in [0.29, 0.717) is 24.5 Å². The minimum Gasteiger partial charge on any atom is -0.354 e. The second-order valence-corrected chi connectivity index (χ2v) is 6.03. The Morgan fingerprint density at radius 2 is 2.09 bits per heavy atom. The van der Waals surface area contributed by atoms with E-state index in [1.54, 1.807) is 12.1 Å². The first-order valence-corrected chi connectivity index (χ1v) is 7.53. The van der Waals surface area contributed by atoms with Gasteiger partial charge in [-0.1, -0.05) is 12.1 Å². The van der Waals surface area contributed by atoms with Crippen molar-refractivity contribution in [1.82, 2.24) is 10.2 Å². The van der Waals surface area contributed by atoms with Gasteiger partial charge < -0.3 is 4.90 Å². The van der Waals surface area contributed by atoms with E-state index in [0.717, 1.165) is 5.56 Å². The molecule has 1 fully saturated rings. The third-order valence-corrected chi connectivity index (χ3v) is 4.39. The number of nitrogens with zero attached hydrogens (tertiary/aromatic N) is 2. The smallest absolute Gasteiger partial charge is 0.264 e. The number of halogens is 1. The van der Waals surface area contributed by atoms with E-state index in [-0.39, 0.29) is 29.0 Å². The molecule has 1 aliphatic rings. The lowest BCUT2D eigenvalue weighted by Crippen LogP contribution is -2.24. The Balaban J connectivity index is 1.94. The number of hydrogen-bond donors (Lipinski definition) is 1. The van der Waals surface area contributed by atoms with Gasteiger partial charge in [-0.25, -0.2) is 9.49 Å². The molecule has 0 bridgehead atoms. The predicted octanol–water partition coefficient (Wildman–Crippen LogP) is 2.03. The van der Waals surface area contributed by atoms with E-state index in [1.807, 2.05) is 17.9 Å². The lowest BCUT2D eigenvalue weighted by Gasteiger charge is -2.17. The molecule has 2 atom stereocenters. The molecule has 1 unspecified atom stereocenters. The Bertz CT molecular complexity index is 782. The van der Waals surface area contributed by atoms with Crippen LogP contribution in [0.2, 0.25) is 0 Å². The van der Waals surface area contributed by atoms with Gasteiger partial charge in [-0.15, -0.1) is 0 Å². The first-order valence-electron chi connectivity index (χ1n) is 7.53. The maximum absolute atomic E-state index is 14.3. The van der Waals surface area contributed by atoms with Crippen molar-refractivity contribution in [1.29, 1.82) is 0 Å². The number of nitrogens with one attached hydrogen (secondary N) is 1. The molecule has 1 aromatic carbocycles. The van der Waals surface area contributed by atoms with Crippen molar-refractivity contribution in [2.45, 2.75) is 19.8 Å². The standard InChI is InChI=1S/C17H18FN3O2/c1-10-3-4-12(15(18)7-10)14-9-21(8-13(14)11(2)22)16-5-6-17(23)20-19-16/h3-7,13-14H,8-9H2,1-2H3,(H,20,23)/t13-,14?/m0/s1. The molecule has 1 aromatic heterocycles. The monoisotopic (exact) mass is 315 g/mol. The quantitative estimate of drug-likeness (QED) is 0.941. The van der Waals surface area contributed by atoms with E-state index < -0.39 is 0 Å². The Morgan fingerprint density at radius 1 is 1.30 bits per heavy atom. The number of aromatic nitrogens is 2. The van der Waals surface area contributed by atoms with Crippen molar-refractivity contribution in [3.8, 4) is 0 Å². The number of benzene rings is 1. The highest BCUT2D eigenvalue weighted by atomic mass is 19.1. The summed E-state index contributed by atoms with van der Waals surface area (Å²) >= 11 is 0. The first kappa shape index (κ1) is 15.4. The van der Waals surface area contributed by atoms with Gasteiger partial charge in [-0.3, -0.25) is 9.59 Å². The zero-order valence-corrected chi connectivity index (χ0v) is 13.0. The van der Waals surface area contributed by atoms with Gasteiger partial charge in [0.2, 0.25) is 0 Å². The van der Waals surface area contributed by atoms with Crippen LogP contribution in [-0.4, -0.2) is 29.1 Å². The molecule has 0 aliphatic carbocycles. The van der Waals surface area contributed by atoms with Gasteiger partial charge in [0.05, 0.1) is 0 Å². The number of rotatable bonds is 3. The highest BCUT2D eigenvalue weighted by Gasteiger charge is 2.38. The third-order valence-electron chi connectivity index (χ3n) is 4.39. The van der Waals surface area contributed by atoms with E-state index in [2.05, 4.69) is 10.2 Å². The van der Waals surface area contributed by atoms with Gasteiger partial charge in [0.25, 0.3) is 5.56 Å². The van der Waals surface area contributed by atoms with Gasteiger partial charge in [-0.2, -0.15) is 5.10 Å². The second-order valence-electron chi connectivity index (χ2n) is 6.03. The zero-order chi connectivity index (χ0) is 16.6. The van der Waals surface area contributed by atoms with Crippen LogP contribution in [-0.2, 0) is 4.79 Å². The zero-order valence-electron chi connectivity index (χ0n) is 13.0. The van der Waals surface area contributed by atoms with Crippen molar-refractivity contribution in [2.24, 2.45) is 5.92 Å². The largest absolute Gasteiger partial charge is 0.354 e. The lowest BCUT2D eigenvalue weighted by atomic mass is 9.86. The summed E-state index contributed by atoms with van der Waals surface area (Å²) in [5, 5.41) is 6.39. The van der Waals surface area contributed by atoms with Gasteiger partial charge in [0.15, 0.2) is 0 Å². The van der Waals surface area contributed by atoms with Crippen LogP contribution in [0.25, 0.3) is 0 Å². The number of ketones is 1. The van der Waals surface area contributed by atoms with E-state index in [1.165, 1.54) is 19.1 Å². The summed E-state index contributed by atoms with van der Waals surface area (Å²) < 4.78 is 14.3. The Hall–Kier alpha value is -2.50. The number of carbonyl (C=O) groups is 1. The van der Waals surface area contributed by atoms with Gasteiger partial charge >= 0.3 is 0 Å². The summed E-state index contributed by atoms with van der Waals surface area (Å²) in [7, 11) is 0. The SMILES string of the molecule is CC(=O)[C@@H]1CN(c2ccc(=O)[nH]n2)CC1c1ccc(C)cc1F. The fraction of sp³-hybridized carbons (Fsp3) is 0.353. The van der Waals surface area contributed by atoms with Crippen molar-refractivity contribution in [3.05, 3.63) is 57.6 Å². The van der Waals surface area contributed by atoms with Crippen LogP contribution < -0.4 is 10.5 Å². The summed E-state index contributed by atoms with van der Waals surface area (Å²) in [6.07, 6.45) is 0. The van der Waals surface area contributed by atoms with Crippen molar-refractivity contribution in [2.75, 3.05) is 18.0 Å². The highest BCUT2D eigenvalue weighted by molar-refractivity contribution is 5.81. The van der Waals surface area contributed by atoms with Crippen LogP contribution in [0.1, 0.15) is 24.0 Å². The number of hydrogen-bond acceptors (Lipinski definition) is 4. The molecule has 6 heteroatoms. The molecule has 0 saturated carbocycles. The average molecular weight is 315 g/mol. The van der Waals surface area contributed by atoms with E-state index >= 15 is 0 Å². The fourth-order valence-corrected chi connectivity index (χ4v) is 3.16. The van der Waals surface area contributed by atoms with Crippen LogP contribution in [0.15, 0.2) is 35.1 Å². The predicted molar refractivity (Wildman–Crippen MR) is 85.1 cm³/mol. The van der Waals surface area contributed by atoms with Crippen molar-refractivity contribution >= 4 is 11.6 Å². The highest BCUT2D eigenvalue weighted by Crippen LogP contribution is 2.36. The average Bonchev–Trinajstić information content (AvgIpc) is 2.93. The molecule has 0 amide bonds. The maximum Gasteiger partial charge on any atom is 0.264 e. The van der Waals surface area contributed by atoms with Gasteiger partial charge in [0.1, 0.15) is 17.4 Å². The number of H-pyrrole nitrogens is 1. The number of Topliss-reactive ketones (excluding diaryl/α,β-unsaturated/α-hetero) is 1. The molecule has 2 aromatic rings. The van der Waals surface area contributed by atoms with Crippen LogP contribution >= 0.6 is 0 Å². The summed E-state index contributed by atoms with van der Waals surface area (Å²) in [6.45, 7) is 4.32. The summed E-state index contributed by atoms with van der Waals surface area (Å²) in [5.74, 6) is -0.173. The van der Waals surface area contributed by atoms with E-state index in [4.69, 9.17) is 0 Å². The summed E-state index contributed by atoms with van der Waals surface area (Å²) in [4.78, 5) is 25.1. The molecule has 23 heavy (non-hydrogen) atoms. The topological polar surface area (TPSA) is 66.1 Å². The van der Waals surface area contributed by atoms with Crippen LogP contribution in [0.3, 0.4) is 0 Å². The molecular formula is C17H18FN3O2. The molecule has 3 rings (SSSR count). The third kappa shape index (κ3) is 3.02. The van der Waals surface area contributed by atoms with Crippen LogP contribution in [0, 0.1) is 18.7 Å². The van der Waals surface area contributed by atoms with Crippen molar-refractivity contribution in [3.63, 3.8) is 0 Å². The second kappa shape index (κ2) is 5.95. The van der Waals surface area contributed by atoms with Crippen molar-refractivity contribution < 1.29 is 9.18 Å². The number of aryl methyl sites for hydroxylation is 1. The van der Waals surface area contributed by atoms with Gasteiger partial charge in [-0.05, 0) is 37.1 Å². The molecule has 1 saturated heterocycles. The van der Waals surface area contributed by atoms with Crippen LogP contribution in [0.5, 0.6) is 0 Å². The first-order chi connectivity index (χ1) is 11.0. The summed E-state index contributed by atoms with van der Waals surface area (Å²) in [6, 6.07) is 8.12. The Morgan fingerprint density at radius 3 is 2.70 bits per heavy atom. The number of carbonyl (C=O) groups excluding carboxylic acids is 1. The maximum atomic E-state index is 14.3. The minimum atomic E-state index is -0.291. The van der Waals surface area contributed by atoms with E-state index in [9.17, 15) is 14.0 Å². The normalized spacial score (nSPS) is 20.7. The molecule has 0 radical (unpaired) electrons. The molecule has 0 spiro atoms. The summed E-state index contributed by atoms with van der Waals surface area (Å²) in [5.41, 5.74) is 1.13. The van der Waals surface area contributed by atoms with Crippen LogP contribution in [0.4, 0.5) is 10.2 Å². The number of aromatic amines is 1. The van der Waals surface area contributed by atoms with Gasteiger partial charge in [0, 0.05) is 31.0 Å². The fourth-order valence-electron chi connectivity index (χ4n) is 3.16. The molecular weight excluding hydrogens is 297 g/mol. The number of anilines is 1. The molecule has 1 aliphatic heterocycles.